The normalized spacial score (nSPS) is 10.4. The lowest BCUT2D eigenvalue weighted by atomic mass is 10.3. The van der Waals surface area contributed by atoms with Crippen LogP contribution in [0.2, 0.25) is 0 Å². The molecule has 0 spiro atoms. The van der Waals surface area contributed by atoms with Crippen molar-refractivity contribution in [3.8, 4) is 10.6 Å². The van der Waals surface area contributed by atoms with Gasteiger partial charge in [0, 0.05) is 0 Å². The molecule has 0 atom stereocenters. The Morgan fingerprint density at radius 3 is 3.08 bits per heavy atom. The molecule has 0 saturated carbocycles. The first-order chi connectivity index (χ1) is 5.90. The highest BCUT2D eigenvalue weighted by Crippen LogP contribution is 2.25. The van der Waals surface area contributed by atoms with Crippen LogP contribution < -0.4 is 0 Å². The molecule has 0 aliphatic rings. The minimum absolute atomic E-state index is 1.04. The quantitative estimate of drug-likeness (QED) is 0.748. The summed E-state index contributed by atoms with van der Waals surface area (Å²) >= 11 is 3.37. The zero-order chi connectivity index (χ0) is 8.39. The number of aromatic amines is 1. The van der Waals surface area contributed by atoms with Crippen LogP contribution in [0.25, 0.3) is 10.6 Å². The first-order valence-corrected chi connectivity index (χ1v) is 5.64. The van der Waals surface area contributed by atoms with Gasteiger partial charge in [-0.05, 0) is 23.8 Å². The van der Waals surface area contributed by atoms with Crippen LogP contribution in [0.4, 0.5) is 0 Å². The van der Waals surface area contributed by atoms with Gasteiger partial charge in [-0.15, -0.1) is 23.1 Å². The Balaban J connectivity index is 2.35. The fourth-order valence-corrected chi connectivity index (χ4v) is 2.03. The molecular weight excluding hydrogens is 188 g/mol. The van der Waals surface area contributed by atoms with E-state index in [2.05, 4.69) is 27.7 Å². The smallest absolute Gasteiger partial charge is 0.118 e. The number of thiophene rings is 1. The Bertz CT molecular complexity index is 351. The first kappa shape index (κ1) is 7.89. The summed E-state index contributed by atoms with van der Waals surface area (Å²) in [6.07, 6.45) is 2.02. The van der Waals surface area contributed by atoms with Crippen LogP contribution in [0.3, 0.4) is 0 Å². The molecule has 0 bridgehead atoms. The second-order valence-corrected chi connectivity index (χ2v) is 4.08. The molecule has 0 aliphatic carbocycles. The van der Waals surface area contributed by atoms with Crippen LogP contribution in [0.5, 0.6) is 0 Å². The molecule has 0 radical (unpaired) electrons. The zero-order valence-electron chi connectivity index (χ0n) is 6.57. The average Bonchev–Trinajstić information content (AvgIpc) is 2.75. The number of hydrogen-bond acceptors (Lipinski definition) is 3. The highest BCUT2D eigenvalue weighted by Gasteiger charge is 2.02. The molecule has 0 aromatic carbocycles. The lowest BCUT2D eigenvalue weighted by Gasteiger charge is -1.85. The van der Waals surface area contributed by atoms with Crippen molar-refractivity contribution in [1.82, 2.24) is 10.2 Å². The maximum atomic E-state index is 4.14. The first-order valence-electron chi connectivity index (χ1n) is 3.53. The molecule has 2 heterocycles. The van der Waals surface area contributed by atoms with Gasteiger partial charge >= 0.3 is 0 Å². The molecule has 4 heteroatoms. The van der Waals surface area contributed by atoms with Gasteiger partial charge in [0.15, 0.2) is 0 Å². The molecule has 0 fully saturated rings. The largest absolute Gasteiger partial charge is 0.276 e. The van der Waals surface area contributed by atoms with E-state index >= 15 is 0 Å². The number of H-pyrrole nitrogens is 1. The average molecular weight is 196 g/mol. The van der Waals surface area contributed by atoms with Gasteiger partial charge in [0.1, 0.15) is 5.03 Å². The number of aromatic nitrogens is 2. The van der Waals surface area contributed by atoms with Gasteiger partial charge in [-0.25, -0.2) is 0 Å². The third kappa shape index (κ3) is 1.40. The summed E-state index contributed by atoms with van der Waals surface area (Å²) in [6, 6.07) is 6.19. The molecule has 2 rings (SSSR count). The van der Waals surface area contributed by atoms with Crippen LogP contribution >= 0.6 is 23.1 Å². The van der Waals surface area contributed by atoms with Crippen LogP contribution in [0, 0.1) is 0 Å². The summed E-state index contributed by atoms with van der Waals surface area (Å²) in [5.74, 6) is 0. The van der Waals surface area contributed by atoms with E-state index in [9.17, 15) is 0 Å². The van der Waals surface area contributed by atoms with Gasteiger partial charge in [0.25, 0.3) is 0 Å². The van der Waals surface area contributed by atoms with Crippen LogP contribution in [0.1, 0.15) is 0 Å². The monoisotopic (exact) mass is 196 g/mol. The molecular formula is C8H8N2S2. The SMILES string of the molecule is CSc1cc(-c2cccs2)[nH]n1. The summed E-state index contributed by atoms with van der Waals surface area (Å²) < 4.78 is 0. The van der Waals surface area contributed by atoms with Crippen LogP contribution in [-0.2, 0) is 0 Å². The zero-order valence-corrected chi connectivity index (χ0v) is 8.21. The summed E-state index contributed by atoms with van der Waals surface area (Å²) in [5, 5.41) is 10.2. The van der Waals surface area contributed by atoms with E-state index in [1.807, 2.05) is 12.3 Å². The number of hydrogen-bond donors (Lipinski definition) is 1. The molecule has 2 nitrogen and oxygen atoms in total. The van der Waals surface area contributed by atoms with Crippen molar-refractivity contribution >= 4 is 23.1 Å². The van der Waals surface area contributed by atoms with E-state index < -0.39 is 0 Å². The predicted molar refractivity (Wildman–Crippen MR) is 53.7 cm³/mol. The highest BCUT2D eigenvalue weighted by molar-refractivity contribution is 7.98. The topological polar surface area (TPSA) is 28.7 Å². The van der Waals surface area contributed by atoms with Gasteiger partial charge < -0.3 is 0 Å². The van der Waals surface area contributed by atoms with E-state index in [1.165, 1.54) is 4.88 Å². The van der Waals surface area contributed by atoms with Crippen molar-refractivity contribution in [3.05, 3.63) is 23.6 Å². The lowest BCUT2D eigenvalue weighted by Crippen LogP contribution is -1.70. The summed E-state index contributed by atoms with van der Waals surface area (Å²) in [7, 11) is 0. The molecule has 0 aliphatic heterocycles. The Kier molecular flexibility index (Phi) is 2.19. The summed E-state index contributed by atoms with van der Waals surface area (Å²) in [5.41, 5.74) is 1.11. The van der Waals surface area contributed by atoms with Crippen molar-refractivity contribution in [2.45, 2.75) is 5.03 Å². The van der Waals surface area contributed by atoms with Crippen molar-refractivity contribution < 1.29 is 0 Å². The predicted octanol–water partition coefficient (Wildman–Crippen LogP) is 2.86. The van der Waals surface area contributed by atoms with Crippen LogP contribution in [0.15, 0.2) is 28.6 Å². The van der Waals surface area contributed by atoms with Crippen molar-refractivity contribution in [2.75, 3.05) is 6.26 Å². The number of nitrogens with zero attached hydrogens (tertiary/aromatic N) is 1. The highest BCUT2D eigenvalue weighted by atomic mass is 32.2. The fraction of sp³-hybridized carbons (Fsp3) is 0.125. The second kappa shape index (κ2) is 3.33. The Morgan fingerprint density at radius 2 is 2.50 bits per heavy atom. The maximum Gasteiger partial charge on any atom is 0.118 e. The third-order valence-electron chi connectivity index (χ3n) is 1.55. The van der Waals surface area contributed by atoms with Gasteiger partial charge in [-0.1, -0.05) is 6.07 Å². The molecule has 1 N–H and O–H groups in total. The van der Waals surface area contributed by atoms with Gasteiger partial charge in [0.05, 0.1) is 10.6 Å². The van der Waals surface area contributed by atoms with E-state index in [1.54, 1.807) is 23.1 Å². The van der Waals surface area contributed by atoms with Gasteiger partial charge in [-0.2, -0.15) is 5.10 Å². The molecule has 62 valence electrons. The molecule has 0 amide bonds. The standard InChI is InChI=1S/C8H8N2S2/c1-11-8-5-6(9-10-8)7-3-2-4-12-7/h2-5H,1H3,(H,9,10). The Morgan fingerprint density at radius 1 is 1.58 bits per heavy atom. The lowest BCUT2D eigenvalue weighted by molar-refractivity contribution is 1.01. The Hall–Kier alpha value is -0.740. The van der Waals surface area contributed by atoms with Crippen molar-refractivity contribution in [1.29, 1.82) is 0 Å². The summed E-state index contributed by atoms with van der Waals surface area (Å²) in [6.45, 7) is 0. The molecule has 0 saturated heterocycles. The number of thioether (sulfide) groups is 1. The molecule has 2 aromatic rings. The molecule has 12 heavy (non-hydrogen) atoms. The number of nitrogens with one attached hydrogen (secondary N) is 1. The van der Waals surface area contributed by atoms with Crippen molar-refractivity contribution in [3.63, 3.8) is 0 Å². The van der Waals surface area contributed by atoms with Crippen molar-refractivity contribution in [2.24, 2.45) is 0 Å². The molecule has 2 aromatic heterocycles. The Labute approximate surface area is 79.0 Å². The van der Waals surface area contributed by atoms with Gasteiger partial charge in [0.2, 0.25) is 0 Å². The third-order valence-corrected chi connectivity index (χ3v) is 3.08. The van der Waals surface area contributed by atoms with Crippen LogP contribution in [-0.4, -0.2) is 16.5 Å². The second-order valence-electron chi connectivity index (χ2n) is 2.30. The van der Waals surface area contributed by atoms with Gasteiger partial charge in [-0.3, -0.25) is 5.10 Å². The number of rotatable bonds is 2. The summed E-state index contributed by atoms with van der Waals surface area (Å²) in [4.78, 5) is 1.24. The fourth-order valence-electron chi connectivity index (χ4n) is 0.966. The van der Waals surface area contributed by atoms with E-state index in [0.29, 0.717) is 0 Å². The van der Waals surface area contributed by atoms with E-state index in [0.717, 1.165) is 10.7 Å². The molecule has 0 unspecified atom stereocenters. The minimum atomic E-state index is 1.04. The van der Waals surface area contributed by atoms with E-state index in [4.69, 9.17) is 0 Å². The van der Waals surface area contributed by atoms with E-state index in [-0.39, 0.29) is 0 Å². The minimum Gasteiger partial charge on any atom is -0.276 e. The maximum absolute atomic E-state index is 4.14.